The molecule has 0 saturated heterocycles. The van der Waals surface area contributed by atoms with Crippen molar-refractivity contribution in [2.75, 3.05) is 12.4 Å². The zero-order valence-electron chi connectivity index (χ0n) is 9.21. The number of anilines is 1. The second-order valence-electron chi connectivity index (χ2n) is 3.35. The summed E-state index contributed by atoms with van der Waals surface area (Å²) in [7, 11) is -2.13. The fourth-order valence-corrected chi connectivity index (χ4v) is 3.06. The lowest BCUT2D eigenvalue weighted by atomic mass is 10.2. The van der Waals surface area contributed by atoms with Crippen molar-refractivity contribution in [2.24, 2.45) is 5.14 Å². The molecule has 18 heavy (non-hydrogen) atoms. The van der Waals surface area contributed by atoms with Gasteiger partial charge in [-0.3, -0.25) is 0 Å². The number of primary sulfonamides is 1. The van der Waals surface area contributed by atoms with Gasteiger partial charge in [0.05, 0.1) is 5.02 Å². The highest BCUT2D eigenvalue weighted by atomic mass is 35.5. The van der Waals surface area contributed by atoms with E-state index in [1.54, 1.807) is 13.1 Å². The quantitative estimate of drug-likeness (QED) is 0.896. The molecule has 2 aromatic rings. The molecule has 3 N–H and O–H groups in total. The maximum atomic E-state index is 11.3. The fraction of sp³-hybridized carbons (Fsp3) is 0.111. The summed E-state index contributed by atoms with van der Waals surface area (Å²) in [5.74, 6) is 0. The monoisotopic (exact) mass is 304 g/mol. The first-order valence-electron chi connectivity index (χ1n) is 4.76. The molecule has 0 saturated carbocycles. The highest BCUT2D eigenvalue weighted by Gasteiger charge is 2.15. The second-order valence-corrected chi connectivity index (χ2v) is 6.27. The van der Waals surface area contributed by atoms with E-state index >= 15 is 0 Å². The first-order valence-corrected chi connectivity index (χ1v) is 7.50. The van der Waals surface area contributed by atoms with E-state index in [2.05, 4.69) is 15.5 Å². The van der Waals surface area contributed by atoms with E-state index in [4.69, 9.17) is 16.7 Å². The van der Waals surface area contributed by atoms with Crippen molar-refractivity contribution in [1.29, 1.82) is 0 Å². The van der Waals surface area contributed by atoms with E-state index < -0.39 is 10.0 Å². The smallest absolute Gasteiger partial charge is 0.239 e. The summed E-state index contributed by atoms with van der Waals surface area (Å²) in [4.78, 5) is -0.122. The van der Waals surface area contributed by atoms with Crippen LogP contribution in [0.5, 0.6) is 0 Å². The van der Waals surface area contributed by atoms with Crippen LogP contribution in [0.4, 0.5) is 5.13 Å². The molecule has 6 nitrogen and oxygen atoms in total. The third-order valence-electron chi connectivity index (χ3n) is 2.12. The zero-order valence-corrected chi connectivity index (χ0v) is 11.6. The van der Waals surface area contributed by atoms with Crippen LogP contribution in [0.3, 0.4) is 0 Å². The predicted molar refractivity (Wildman–Crippen MR) is 71.3 cm³/mol. The van der Waals surface area contributed by atoms with Gasteiger partial charge in [0.2, 0.25) is 15.2 Å². The van der Waals surface area contributed by atoms with E-state index in [0.29, 0.717) is 15.7 Å². The van der Waals surface area contributed by atoms with Gasteiger partial charge in [-0.05, 0) is 12.1 Å². The van der Waals surface area contributed by atoms with Crippen LogP contribution in [0, 0.1) is 0 Å². The molecule has 0 aliphatic carbocycles. The van der Waals surface area contributed by atoms with Crippen LogP contribution < -0.4 is 10.5 Å². The minimum absolute atomic E-state index is 0.0830. The van der Waals surface area contributed by atoms with Gasteiger partial charge in [0.1, 0.15) is 9.90 Å². The Bertz CT molecular complexity index is 684. The number of nitrogens with one attached hydrogen (secondary N) is 1. The fourth-order valence-electron chi connectivity index (χ4n) is 1.30. The van der Waals surface area contributed by atoms with Gasteiger partial charge in [0.15, 0.2) is 0 Å². The van der Waals surface area contributed by atoms with Gasteiger partial charge in [-0.2, -0.15) is 0 Å². The summed E-state index contributed by atoms with van der Waals surface area (Å²) in [5.41, 5.74) is 0.599. The van der Waals surface area contributed by atoms with Gasteiger partial charge in [0.25, 0.3) is 0 Å². The van der Waals surface area contributed by atoms with Gasteiger partial charge in [-0.15, -0.1) is 10.2 Å². The summed E-state index contributed by atoms with van der Waals surface area (Å²) in [6.45, 7) is 0. The van der Waals surface area contributed by atoms with E-state index in [-0.39, 0.29) is 9.92 Å². The van der Waals surface area contributed by atoms with E-state index in [0.717, 1.165) is 0 Å². The number of aromatic nitrogens is 2. The minimum Gasteiger partial charge on any atom is -0.363 e. The topological polar surface area (TPSA) is 98.0 Å². The Balaban J connectivity index is 2.53. The average molecular weight is 305 g/mol. The predicted octanol–water partition coefficient (Wildman–Crippen LogP) is 1.55. The summed E-state index contributed by atoms with van der Waals surface area (Å²) in [5, 5.41) is 17.0. The van der Waals surface area contributed by atoms with Gasteiger partial charge in [0, 0.05) is 12.6 Å². The summed E-state index contributed by atoms with van der Waals surface area (Å²) < 4.78 is 22.7. The van der Waals surface area contributed by atoms with Crippen LogP contribution in [0.1, 0.15) is 0 Å². The molecule has 0 radical (unpaired) electrons. The van der Waals surface area contributed by atoms with E-state index in [9.17, 15) is 8.42 Å². The van der Waals surface area contributed by atoms with Gasteiger partial charge in [-0.25, -0.2) is 13.6 Å². The molecule has 0 atom stereocenters. The SMILES string of the molecule is CNc1nnc(-c2ccc(Cl)c(S(N)(=O)=O)c2)s1. The molecule has 0 spiro atoms. The van der Waals surface area contributed by atoms with Gasteiger partial charge < -0.3 is 5.32 Å². The first kappa shape index (κ1) is 13.2. The Morgan fingerprint density at radius 2 is 2.11 bits per heavy atom. The van der Waals surface area contributed by atoms with Crippen molar-refractivity contribution in [2.45, 2.75) is 4.90 Å². The molecule has 0 bridgehead atoms. The Morgan fingerprint density at radius 3 is 2.67 bits per heavy atom. The molecule has 9 heteroatoms. The van der Waals surface area contributed by atoms with Crippen LogP contribution in [0.25, 0.3) is 10.6 Å². The molecular formula is C9H9ClN4O2S2. The molecule has 0 unspecified atom stereocenters. The lowest BCUT2D eigenvalue weighted by Crippen LogP contribution is -2.12. The number of rotatable bonds is 3. The van der Waals surface area contributed by atoms with Crippen LogP contribution in [-0.2, 0) is 10.0 Å². The molecule has 2 rings (SSSR count). The Labute approximate surface area is 113 Å². The first-order chi connectivity index (χ1) is 8.41. The van der Waals surface area contributed by atoms with E-state index in [1.165, 1.54) is 23.5 Å². The summed E-state index contributed by atoms with van der Waals surface area (Å²) >= 11 is 7.10. The Kier molecular flexibility index (Phi) is 3.53. The van der Waals surface area contributed by atoms with Crippen molar-refractivity contribution in [3.8, 4) is 10.6 Å². The number of hydrogen-bond acceptors (Lipinski definition) is 6. The number of nitrogens with two attached hydrogens (primary N) is 1. The van der Waals surface area contributed by atoms with Gasteiger partial charge in [-0.1, -0.05) is 29.0 Å². The largest absolute Gasteiger partial charge is 0.363 e. The standard InChI is InChI=1S/C9H9ClN4O2S2/c1-12-9-14-13-8(17-9)5-2-3-6(10)7(4-5)18(11,15)16/h2-4H,1H3,(H,12,14)(H2,11,15,16). The van der Waals surface area contributed by atoms with Crippen molar-refractivity contribution >= 4 is 38.1 Å². The molecule has 0 fully saturated rings. The van der Waals surface area contributed by atoms with Crippen molar-refractivity contribution in [1.82, 2.24) is 10.2 Å². The summed E-state index contributed by atoms with van der Waals surface area (Å²) in [6, 6.07) is 4.52. The molecule has 96 valence electrons. The molecule has 1 heterocycles. The molecule has 0 aliphatic heterocycles. The van der Waals surface area contributed by atoms with Crippen molar-refractivity contribution < 1.29 is 8.42 Å². The molecule has 0 amide bonds. The van der Waals surface area contributed by atoms with Crippen molar-refractivity contribution in [3.63, 3.8) is 0 Å². The molecule has 1 aromatic carbocycles. The lowest BCUT2D eigenvalue weighted by Gasteiger charge is -2.03. The minimum atomic E-state index is -3.85. The maximum absolute atomic E-state index is 11.3. The van der Waals surface area contributed by atoms with Crippen LogP contribution in [-0.4, -0.2) is 25.7 Å². The van der Waals surface area contributed by atoms with Gasteiger partial charge >= 0.3 is 0 Å². The number of halogens is 1. The van der Waals surface area contributed by atoms with E-state index in [1.807, 2.05) is 0 Å². The number of nitrogens with zero attached hydrogens (tertiary/aromatic N) is 2. The lowest BCUT2D eigenvalue weighted by molar-refractivity contribution is 0.598. The third-order valence-corrected chi connectivity index (χ3v) is 4.51. The van der Waals surface area contributed by atoms with Crippen LogP contribution in [0.15, 0.2) is 23.1 Å². The summed E-state index contributed by atoms with van der Waals surface area (Å²) in [6.07, 6.45) is 0. The third kappa shape index (κ3) is 2.61. The second kappa shape index (κ2) is 4.81. The number of hydrogen-bond donors (Lipinski definition) is 2. The van der Waals surface area contributed by atoms with Crippen LogP contribution >= 0.6 is 22.9 Å². The van der Waals surface area contributed by atoms with Crippen LogP contribution in [0.2, 0.25) is 5.02 Å². The molecular weight excluding hydrogens is 296 g/mol. The Hall–Kier alpha value is -1.22. The Morgan fingerprint density at radius 1 is 1.39 bits per heavy atom. The number of sulfonamides is 1. The highest BCUT2D eigenvalue weighted by molar-refractivity contribution is 7.89. The van der Waals surface area contributed by atoms with Crippen molar-refractivity contribution in [3.05, 3.63) is 23.2 Å². The molecule has 1 aromatic heterocycles. The molecule has 0 aliphatic rings. The zero-order chi connectivity index (χ0) is 13.3. The normalized spacial score (nSPS) is 11.5. The number of benzene rings is 1. The highest BCUT2D eigenvalue weighted by Crippen LogP contribution is 2.30. The maximum Gasteiger partial charge on any atom is 0.239 e. The average Bonchev–Trinajstić information content (AvgIpc) is 2.76.